The molecule has 2 aromatic carbocycles. The third kappa shape index (κ3) is 4.51. The average molecular weight is 321 g/mol. The van der Waals surface area contributed by atoms with E-state index in [1.165, 1.54) is 0 Å². The average Bonchev–Trinajstić information content (AvgIpc) is 2.61. The van der Waals surface area contributed by atoms with Crippen molar-refractivity contribution in [2.24, 2.45) is 5.10 Å². The van der Waals surface area contributed by atoms with E-state index < -0.39 is 0 Å². The van der Waals surface area contributed by atoms with Crippen LogP contribution in [-0.4, -0.2) is 21.4 Å². The van der Waals surface area contributed by atoms with Gasteiger partial charge in [0.2, 0.25) is 5.95 Å². The van der Waals surface area contributed by atoms with Crippen molar-refractivity contribution in [2.45, 2.75) is 6.61 Å². The molecule has 0 aliphatic heterocycles. The van der Waals surface area contributed by atoms with E-state index in [2.05, 4.69) is 25.7 Å². The summed E-state index contributed by atoms with van der Waals surface area (Å²) in [7, 11) is 0. The number of hydrogen-bond donors (Lipinski definition) is 2. The number of rotatable bonds is 6. The molecule has 3 rings (SSSR count). The van der Waals surface area contributed by atoms with Crippen LogP contribution in [0.2, 0.25) is 0 Å². The van der Waals surface area contributed by atoms with Crippen molar-refractivity contribution < 1.29 is 4.74 Å². The van der Waals surface area contributed by atoms with Gasteiger partial charge >= 0.3 is 0 Å². The van der Waals surface area contributed by atoms with Crippen molar-refractivity contribution >= 4 is 12.2 Å². The summed E-state index contributed by atoms with van der Waals surface area (Å²) in [5.74, 6) is 0.922. The van der Waals surface area contributed by atoms with Crippen LogP contribution in [0.4, 0.5) is 5.95 Å². The lowest BCUT2D eigenvalue weighted by molar-refractivity contribution is 0.306. The number of benzene rings is 2. The lowest BCUT2D eigenvalue weighted by atomic mass is 10.2. The molecule has 0 saturated carbocycles. The van der Waals surface area contributed by atoms with Crippen LogP contribution in [0.1, 0.15) is 11.1 Å². The Morgan fingerprint density at radius 1 is 1.17 bits per heavy atom. The predicted octanol–water partition coefficient (Wildman–Crippen LogP) is 2.19. The molecule has 7 nitrogen and oxygen atoms in total. The molecule has 7 heteroatoms. The van der Waals surface area contributed by atoms with Crippen LogP contribution >= 0.6 is 0 Å². The standard InChI is InChI=1S/C17H15N5O2/c23-16-11-19-22-17(20-16)21-18-10-14-7-4-8-15(9-14)24-12-13-5-2-1-3-6-13/h1-11H,12H2,(H2,20,21,22,23)/b18-10+. The van der Waals surface area contributed by atoms with Crippen molar-refractivity contribution in [1.82, 2.24) is 15.2 Å². The highest BCUT2D eigenvalue weighted by molar-refractivity contribution is 5.80. The molecule has 0 spiro atoms. The highest BCUT2D eigenvalue weighted by Crippen LogP contribution is 2.14. The first kappa shape index (κ1) is 15.4. The van der Waals surface area contributed by atoms with Crippen molar-refractivity contribution in [3.8, 4) is 5.75 Å². The minimum absolute atomic E-state index is 0.176. The molecule has 0 aliphatic rings. The van der Waals surface area contributed by atoms with E-state index in [0.29, 0.717) is 6.61 Å². The lowest BCUT2D eigenvalue weighted by Crippen LogP contribution is -2.10. The number of hydrogen-bond acceptors (Lipinski definition) is 6. The number of nitrogens with zero attached hydrogens (tertiary/aromatic N) is 3. The van der Waals surface area contributed by atoms with E-state index in [-0.39, 0.29) is 11.5 Å². The number of ether oxygens (including phenoxy) is 1. The molecule has 0 aliphatic carbocycles. The highest BCUT2D eigenvalue weighted by atomic mass is 16.5. The third-order valence-corrected chi connectivity index (χ3v) is 3.06. The number of aromatic amines is 1. The topological polar surface area (TPSA) is 92.3 Å². The summed E-state index contributed by atoms with van der Waals surface area (Å²) >= 11 is 0. The quantitative estimate of drug-likeness (QED) is 0.536. The van der Waals surface area contributed by atoms with Gasteiger partial charge in [0.1, 0.15) is 18.6 Å². The lowest BCUT2D eigenvalue weighted by Gasteiger charge is -2.06. The Morgan fingerprint density at radius 2 is 2.04 bits per heavy atom. The fourth-order valence-electron chi connectivity index (χ4n) is 1.96. The number of anilines is 1. The van der Waals surface area contributed by atoms with Crippen LogP contribution in [0.15, 0.2) is 70.7 Å². The van der Waals surface area contributed by atoms with E-state index in [0.717, 1.165) is 23.1 Å². The normalized spacial score (nSPS) is 10.7. The third-order valence-electron chi connectivity index (χ3n) is 3.06. The molecule has 0 bridgehead atoms. The van der Waals surface area contributed by atoms with E-state index in [1.807, 2.05) is 54.6 Å². The Morgan fingerprint density at radius 3 is 2.88 bits per heavy atom. The van der Waals surface area contributed by atoms with E-state index in [9.17, 15) is 4.79 Å². The van der Waals surface area contributed by atoms with Gasteiger partial charge in [0.15, 0.2) is 0 Å². The van der Waals surface area contributed by atoms with Gasteiger partial charge in [-0.3, -0.25) is 9.78 Å². The van der Waals surface area contributed by atoms with Crippen molar-refractivity contribution in [3.05, 3.63) is 82.3 Å². The summed E-state index contributed by atoms with van der Waals surface area (Å²) in [5.41, 5.74) is 4.21. The molecule has 0 atom stereocenters. The molecule has 0 radical (unpaired) electrons. The molecule has 0 fully saturated rings. The molecule has 1 aromatic heterocycles. The van der Waals surface area contributed by atoms with Crippen LogP contribution in [-0.2, 0) is 6.61 Å². The Kier molecular flexibility index (Phi) is 4.94. The minimum atomic E-state index is -0.348. The van der Waals surface area contributed by atoms with Crippen LogP contribution in [0, 0.1) is 0 Å². The fourth-order valence-corrected chi connectivity index (χ4v) is 1.96. The molecule has 0 unspecified atom stereocenters. The van der Waals surface area contributed by atoms with Crippen molar-refractivity contribution in [3.63, 3.8) is 0 Å². The van der Waals surface area contributed by atoms with Crippen LogP contribution in [0.5, 0.6) is 5.75 Å². The molecule has 0 saturated heterocycles. The monoisotopic (exact) mass is 321 g/mol. The van der Waals surface area contributed by atoms with Gasteiger partial charge in [-0.1, -0.05) is 42.5 Å². The Hall–Kier alpha value is -3.48. The van der Waals surface area contributed by atoms with Crippen molar-refractivity contribution in [2.75, 3.05) is 5.43 Å². The van der Waals surface area contributed by atoms with Gasteiger partial charge in [0.25, 0.3) is 5.56 Å². The summed E-state index contributed by atoms with van der Waals surface area (Å²) in [6.07, 6.45) is 2.69. The first-order valence-corrected chi connectivity index (χ1v) is 7.27. The molecule has 1 heterocycles. The van der Waals surface area contributed by atoms with Gasteiger partial charge < -0.3 is 4.74 Å². The second-order valence-electron chi connectivity index (χ2n) is 4.90. The minimum Gasteiger partial charge on any atom is -0.489 e. The van der Waals surface area contributed by atoms with Crippen LogP contribution in [0.25, 0.3) is 0 Å². The molecule has 2 N–H and O–H groups in total. The Bertz CT molecular complexity index is 877. The maximum atomic E-state index is 11.1. The number of hydrazone groups is 1. The largest absolute Gasteiger partial charge is 0.489 e. The van der Waals surface area contributed by atoms with Crippen molar-refractivity contribution in [1.29, 1.82) is 0 Å². The first-order chi connectivity index (χ1) is 11.8. The second-order valence-corrected chi connectivity index (χ2v) is 4.90. The van der Waals surface area contributed by atoms with E-state index in [1.54, 1.807) is 6.21 Å². The summed E-state index contributed by atoms with van der Waals surface area (Å²) in [5, 5.41) is 11.2. The predicted molar refractivity (Wildman–Crippen MR) is 91.1 cm³/mol. The number of H-pyrrole nitrogens is 1. The molecular weight excluding hydrogens is 306 g/mol. The molecular formula is C17H15N5O2. The van der Waals surface area contributed by atoms with Crippen LogP contribution < -0.4 is 15.7 Å². The first-order valence-electron chi connectivity index (χ1n) is 7.27. The van der Waals surface area contributed by atoms with E-state index >= 15 is 0 Å². The molecule has 3 aromatic rings. The molecule has 120 valence electrons. The summed E-state index contributed by atoms with van der Waals surface area (Å²) in [6.45, 7) is 0.501. The number of nitrogens with one attached hydrogen (secondary N) is 2. The van der Waals surface area contributed by atoms with Gasteiger partial charge in [-0.05, 0) is 23.3 Å². The zero-order valence-corrected chi connectivity index (χ0v) is 12.7. The molecule has 0 amide bonds. The van der Waals surface area contributed by atoms with E-state index in [4.69, 9.17) is 4.74 Å². The maximum absolute atomic E-state index is 11.1. The Labute approximate surface area is 138 Å². The zero-order valence-electron chi connectivity index (χ0n) is 12.7. The fraction of sp³-hybridized carbons (Fsp3) is 0.0588. The van der Waals surface area contributed by atoms with Gasteiger partial charge in [-0.25, -0.2) is 5.43 Å². The second kappa shape index (κ2) is 7.68. The summed E-state index contributed by atoms with van der Waals surface area (Å²) < 4.78 is 5.76. The Balaban J connectivity index is 1.60. The number of aromatic nitrogens is 3. The maximum Gasteiger partial charge on any atom is 0.271 e. The van der Waals surface area contributed by atoms with Gasteiger partial charge in [-0.15, -0.1) is 10.2 Å². The summed E-state index contributed by atoms with van der Waals surface area (Å²) in [4.78, 5) is 13.6. The zero-order chi connectivity index (χ0) is 16.6. The highest BCUT2D eigenvalue weighted by Gasteiger charge is 1.97. The SMILES string of the molecule is O=c1cnnc(N/N=C/c2cccc(OCc3ccccc3)c2)[nH]1. The molecule has 24 heavy (non-hydrogen) atoms. The van der Waals surface area contributed by atoms with Crippen LogP contribution in [0.3, 0.4) is 0 Å². The smallest absolute Gasteiger partial charge is 0.271 e. The van der Waals surface area contributed by atoms with Gasteiger partial charge in [0.05, 0.1) is 6.21 Å². The van der Waals surface area contributed by atoms with Gasteiger partial charge in [0, 0.05) is 0 Å². The van der Waals surface area contributed by atoms with Gasteiger partial charge in [-0.2, -0.15) is 5.10 Å². The summed E-state index contributed by atoms with van der Waals surface area (Å²) in [6, 6.07) is 17.5.